The number of aliphatic hydroxyl groups is 1. The van der Waals surface area contributed by atoms with Gasteiger partial charge in [0.1, 0.15) is 5.75 Å². The minimum atomic E-state index is -4.83. The summed E-state index contributed by atoms with van der Waals surface area (Å²) < 4.78 is 41.7. The highest BCUT2D eigenvalue weighted by Gasteiger charge is 2.31. The normalized spacial score (nSPS) is 11.9. The first-order valence-electron chi connectivity index (χ1n) is 14.0. The number of rotatable bonds is 13. The van der Waals surface area contributed by atoms with Gasteiger partial charge in [0, 0.05) is 24.6 Å². The van der Waals surface area contributed by atoms with Crippen molar-refractivity contribution >= 4 is 17.8 Å². The maximum Gasteiger partial charge on any atom is 0.573 e. The lowest BCUT2D eigenvalue weighted by atomic mass is 9.90. The molecule has 0 spiro atoms. The first-order chi connectivity index (χ1) is 21.5. The number of carboxylic acid groups (broad SMARTS) is 1. The molecule has 0 aromatic heterocycles. The zero-order valence-electron chi connectivity index (χ0n) is 24.0. The van der Waals surface area contributed by atoms with E-state index in [4.69, 9.17) is 5.11 Å². The Hall–Kier alpha value is -5.16. The number of carbonyl (C=O) groups excluding carboxylic acids is 2. The van der Waals surface area contributed by atoms with E-state index in [-0.39, 0.29) is 42.6 Å². The maximum atomic E-state index is 13.8. The number of ether oxygens (including phenoxy) is 1. The van der Waals surface area contributed by atoms with Gasteiger partial charge in [0.05, 0.1) is 13.0 Å². The molecule has 0 aliphatic carbocycles. The lowest BCUT2D eigenvalue weighted by Crippen LogP contribution is -2.36. The lowest BCUT2D eigenvalue weighted by Gasteiger charge is -2.29. The fourth-order valence-corrected chi connectivity index (χ4v) is 4.70. The number of aliphatic hydroxyl groups excluding tert-OH is 1. The van der Waals surface area contributed by atoms with Crippen LogP contribution in [0.3, 0.4) is 0 Å². The van der Waals surface area contributed by atoms with Gasteiger partial charge in [-0.3, -0.25) is 9.59 Å². The highest BCUT2D eigenvalue weighted by molar-refractivity contribution is 5.94. The number of nitrogens with zero attached hydrogens (tertiary/aromatic N) is 1. The molecule has 45 heavy (non-hydrogen) atoms. The summed E-state index contributed by atoms with van der Waals surface area (Å²) >= 11 is 0. The molecule has 0 bridgehead atoms. The Kier molecular flexibility index (Phi) is 10.9. The van der Waals surface area contributed by atoms with Gasteiger partial charge < -0.3 is 25.2 Å². The molecule has 234 valence electrons. The number of hydrogen-bond acceptors (Lipinski definition) is 5. The molecule has 0 saturated carbocycles. The number of carbonyl (C=O) groups is 3. The minimum Gasteiger partial charge on any atom is -0.479 e. The van der Waals surface area contributed by atoms with Crippen LogP contribution in [0.25, 0.3) is 0 Å². The van der Waals surface area contributed by atoms with Crippen LogP contribution in [0.4, 0.5) is 13.2 Å². The van der Waals surface area contributed by atoms with Crippen LogP contribution >= 0.6 is 0 Å². The Morgan fingerprint density at radius 2 is 1.31 bits per heavy atom. The quantitative estimate of drug-likeness (QED) is 0.190. The second-order valence-electron chi connectivity index (χ2n) is 10.3. The molecule has 0 radical (unpaired) electrons. The van der Waals surface area contributed by atoms with Crippen LogP contribution in [0, 0.1) is 0 Å². The van der Waals surface area contributed by atoms with Gasteiger partial charge in [-0.2, -0.15) is 0 Å². The molecule has 8 nitrogen and oxygen atoms in total. The average Bonchev–Trinajstić information content (AvgIpc) is 3.03. The Bertz CT molecular complexity index is 1520. The molecule has 0 saturated heterocycles. The van der Waals surface area contributed by atoms with Crippen molar-refractivity contribution < 1.29 is 42.5 Å². The van der Waals surface area contributed by atoms with E-state index in [0.29, 0.717) is 11.1 Å². The summed E-state index contributed by atoms with van der Waals surface area (Å²) in [5, 5.41) is 20.6. The summed E-state index contributed by atoms with van der Waals surface area (Å²) in [5.41, 5.74) is 3.43. The Morgan fingerprint density at radius 3 is 1.82 bits per heavy atom. The summed E-state index contributed by atoms with van der Waals surface area (Å²) in [7, 11) is 0. The number of alkyl halides is 3. The van der Waals surface area contributed by atoms with Crippen LogP contribution in [0.2, 0.25) is 0 Å². The van der Waals surface area contributed by atoms with Crippen molar-refractivity contribution in [3.8, 4) is 5.75 Å². The van der Waals surface area contributed by atoms with Gasteiger partial charge in [-0.15, -0.1) is 13.2 Å². The Labute approximate surface area is 257 Å². The van der Waals surface area contributed by atoms with E-state index in [1.807, 2.05) is 60.7 Å². The number of aliphatic carboxylic acids is 1. The molecule has 4 aromatic rings. The zero-order valence-corrected chi connectivity index (χ0v) is 24.0. The predicted octanol–water partition coefficient (Wildman–Crippen LogP) is 5.16. The molecule has 4 rings (SSSR count). The van der Waals surface area contributed by atoms with E-state index < -0.39 is 30.9 Å². The van der Waals surface area contributed by atoms with E-state index in [1.54, 1.807) is 17.0 Å². The van der Waals surface area contributed by atoms with Crippen LogP contribution in [-0.4, -0.2) is 58.5 Å². The number of halogens is 3. The molecule has 1 atom stereocenters. The third-order valence-electron chi connectivity index (χ3n) is 7.00. The van der Waals surface area contributed by atoms with Gasteiger partial charge in [0.15, 0.2) is 6.10 Å². The second kappa shape index (κ2) is 15.0. The van der Waals surface area contributed by atoms with Crippen LogP contribution in [0.15, 0.2) is 109 Å². The van der Waals surface area contributed by atoms with E-state index >= 15 is 0 Å². The molecule has 0 heterocycles. The molecule has 2 amide bonds. The topological polar surface area (TPSA) is 116 Å². The zero-order chi connectivity index (χ0) is 32.4. The Morgan fingerprint density at radius 1 is 0.778 bits per heavy atom. The van der Waals surface area contributed by atoms with Gasteiger partial charge in [-0.25, -0.2) is 4.79 Å². The number of nitrogens with one attached hydrogen (secondary N) is 1. The number of carboxylic acids is 1. The molecular formula is C34H31F3N2O6. The predicted molar refractivity (Wildman–Crippen MR) is 159 cm³/mol. The van der Waals surface area contributed by atoms with Crippen molar-refractivity contribution in [1.29, 1.82) is 0 Å². The van der Waals surface area contributed by atoms with Gasteiger partial charge >= 0.3 is 12.3 Å². The summed E-state index contributed by atoms with van der Waals surface area (Å²) in [4.78, 5) is 38.7. The molecule has 3 N–H and O–H groups in total. The number of amides is 2. The summed E-state index contributed by atoms with van der Waals surface area (Å²) in [6.45, 7) is 0.00318. The van der Waals surface area contributed by atoms with Gasteiger partial charge in [-0.05, 0) is 46.5 Å². The SMILES string of the molecule is O=C(NCC(O)C(=O)O)c1ccc(CN(CC(c2ccccc2)c2ccccc2)C(=O)Cc2ccc(OC(F)(F)F)cc2)cc1. The van der Waals surface area contributed by atoms with Crippen molar-refractivity contribution in [3.63, 3.8) is 0 Å². The van der Waals surface area contributed by atoms with Gasteiger partial charge in [0.25, 0.3) is 5.91 Å². The molecule has 0 aliphatic rings. The van der Waals surface area contributed by atoms with Crippen molar-refractivity contribution in [3.05, 3.63) is 137 Å². The second-order valence-corrected chi connectivity index (χ2v) is 10.3. The third kappa shape index (κ3) is 9.94. The first kappa shape index (κ1) is 32.7. The molecule has 0 fully saturated rings. The standard InChI is InChI=1S/C34H31F3N2O6/c35-34(36,37)45-28-17-13-23(14-18-28)19-31(41)39(22-29(25-7-3-1-4-8-25)26-9-5-2-6-10-26)21-24-11-15-27(16-12-24)32(42)38-20-30(40)33(43)44/h1-18,29-30,40H,19-22H2,(H,38,42)(H,43,44). The maximum absolute atomic E-state index is 13.8. The highest BCUT2D eigenvalue weighted by atomic mass is 19.4. The van der Waals surface area contributed by atoms with E-state index in [0.717, 1.165) is 23.3 Å². The molecular weight excluding hydrogens is 589 g/mol. The van der Waals surface area contributed by atoms with E-state index in [2.05, 4.69) is 10.1 Å². The van der Waals surface area contributed by atoms with Crippen LogP contribution in [-0.2, 0) is 22.6 Å². The van der Waals surface area contributed by atoms with Gasteiger partial charge in [0.2, 0.25) is 5.91 Å². The summed E-state index contributed by atoms with van der Waals surface area (Å²) in [6, 6.07) is 31.0. The highest BCUT2D eigenvalue weighted by Crippen LogP contribution is 2.27. The number of benzene rings is 4. The molecule has 11 heteroatoms. The van der Waals surface area contributed by atoms with Crippen molar-refractivity contribution in [2.24, 2.45) is 0 Å². The lowest BCUT2D eigenvalue weighted by molar-refractivity contribution is -0.274. The fourth-order valence-electron chi connectivity index (χ4n) is 4.70. The smallest absolute Gasteiger partial charge is 0.479 e. The fraction of sp³-hybridized carbons (Fsp3) is 0.206. The van der Waals surface area contributed by atoms with Crippen LogP contribution < -0.4 is 10.1 Å². The third-order valence-corrected chi connectivity index (χ3v) is 7.00. The molecule has 4 aromatic carbocycles. The summed E-state index contributed by atoms with van der Waals surface area (Å²) in [5.74, 6) is -2.86. The van der Waals surface area contributed by atoms with Crippen molar-refractivity contribution in [2.75, 3.05) is 13.1 Å². The van der Waals surface area contributed by atoms with Crippen molar-refractivity contribution in [2.45, 2.75) is 31.3 Å². The van der Waals surface area contributed by atoms with E-state index in [9.17, 15) is 32.7 Å². The summed E-state index contributed by atoms with van der Waals surface area (Å²) in [6.07, 6.45) is -6.63. The monoisotopic (exact) mass is 620 g/mol. The first-order valence-corrected chi connectivity index (χ1v) is 14.0. The minimum absolute atomic E-state index is 0.0744. The largest absolute Gasteiger partial charge is 0.573 e. The van der Waals surface area contributed by atoms with Crippen LogP contribution in [0.1, 0.15) is 38.5 Å². The molecule has 1 unspecified atom stereocenters. The van der Waals surface area contributed by atoms with E-state index in [1.165, 1.54) is 24.3 Å². The van der Waals surface area contributed by atoms with Crippen molar-refractivity contribution in [1.82, 2.24) is 10.2 Å². The van der Waals surface area contributed by atoms with Crippen LogP contribution in [0.5, 0.6) is 5.75 Å². The molecule has 0 aliphatic heterocycles. The average molecular weight is 621 g/mol. The Balaban J connectivity index is 1.57. The van der Waals surface area contributed by atoms with Gasteiger partial charge in [-0.1, -0.05) is 84.9 Å². The number of hydrogen-bond donors (Lipinski definition) is 3.